The first-order chi connectivity index (χ1) is 13.4. The molecule has 0 saturated carbocycles. The number of carbonyl (C=O) groups is 1. The Hall–Kier alpha value is -2.19. The lowest BCUT2D eigenvalue weighted by Gasteiger charge is -2.47. The van der Waals surface area contributed by atoms with Crippen molar-refractivity contribution >= 4 is 17.3 Å². The molecule has 2 aliphatic heterocycles. The molecule has 0 aliphatic carbocycles. The highest BCUT2D eigenvalue weighted by Gasteiger charge is 2.41. The number of nitro groups is 1. The largest absolute Gasteiger partial charge is 0.385 e. The number of amides is 1. The van der Waals surface area contributed by atoms with Gasteiger partial charge in [0, 0.05) is 52.4 Å². The van der Waals surface area contributed by atoms with Gasteiger partial charge in [-0.1, -0.05) is 6.07 Å². The van der Waals surface area contributed by atoms with E-state index >= 15 is 0 Å². The van der Waals surface area contributed by atoms with Gasteiger partial charge in [0.25, 0.3) is 5.69 Å². The molecule has 3 rings (SSSR count). The van der Waals surface area contributed by atoms with E-state index in [1.807, 2.05) is 24.0 Å². The highest BCUT2D eigenvalue weighted by atomic mass is 16.6. The average molecular weight is 391 g/mol. The number of carbonyl (C=O) groups excluding carboxylic acids is 1. The first-order valence-electron chi connectivity index (χ1n) is 9.85. The molecular formula is C20H29N3O5. The van der Waals surface area contributed by atoms with Gasteiger partial charge < -0.3 is 19.3 Å². The molecule has 154 valence electrons. The van der Waals surface area contributed by atoms with Crippen molar-refractivity contribution in [1.29, 1.82) is 0 Å². The minimum absolute atomic E-state index is 0.149. The predicted molar refractivity (Wildman–Crippen MR) is 106 cm³/mol. The third kappa shape index (κ3) is 4.62. The summed E-state index contributed by atoms with van der Waals surface area (Å²) in [5.41, 5.74) is 1.34. The second-order valence-electron chi connectivity index (χ2n) is 7.68. The van der Waals surface area contributed by atoms with Crippen molar-refractivity contribution in [2.45, 2.75) is 38.2 Å². The summed E-state index contributed by atoms with van der Waals surface area (Å²) in [5, 5.41) is 11.4. The number of morpholine rings is 1. The summed E-state index contributed by atoms with van der Waals surface area (Å²) in [7, 11) is 1.64. The quantitative estimate of drug-likeness (QED) is 0.421. The Bertz CT molecular complexity index is 716. The van der Waals surface area contributed by atoms with E-state index in [1.54, 1.807) is 13.2 Å². The van der Waals surface area contributed by atoms with Crippen LogP contribution in [0, 0.1) is 17.0 Å². The Morgan fingerprint density at radius 1 is 1.32 bits per heavy atom. The van der Waals surface area contributed by atoms with Crippen LogP contribution in [0.25, 0.3) is 0 Å². The first kappa shape index (κ1) is 20.5. The maximum absolute atomic E-state index is 12.5. The Morgan fingerprint density at radius 2 is 2.07 bits per heavy atom. The van der Waals surface area contributed by atoms with Crippen LogP contribution < -0.4 is 4.90 Å². The van der Waals surface area contributed by atoms with Gasteiger partial charge in [0.1, 0.15) is 5.69 Å². The third-order valence-electron chi connectivity index (χ3n) is 5.68. The zero-order valence-corrected chi connectivity index (χ0v) is 16.7. The highest BCUT2D eigenvalue weighted by molar-refractivity contribution is 5.76. The monoisotopic (exact) mass is 391 g/mol. The molecule has 28 heavy (non-hydrogen) atoms. The zero-order chi connectivity index (χ0) is 20.1. The van der Waals surface area contributed by atoms with E-state index in [0.29, 0.717) is 51.5 Å². The number of hydrogen-bond donors (Lipinski definition) is 0. The second kappa shape index (κ2) is 8.87. The van der Waals surface area contributed by atoms with Gasteiger partial charge in [-0.3, -0.25) is 14.9 Å². The maximum atomic E-state index is 12.5. The molecule has 2 fully saturated rings. The molecule has 1 amide bonds. The molecule has 2 saturated heterocycles. The number of benzene rings is 1. The van der Waals surface area contributed by atoms with Crippen LogP contribution in [0.5, 0.6) is 0 Å². The predicted octanol–water partition coefficient (Wildman–Crippen LogP) is 2.53. The molecule has 0 aromatic heterocycles. The fourth-order valence-electron chi connectivity index (χ4n) is 4.09. The van der Waals surface area contributed by atoms with E-state index < -0.39 is 0 Å². The van der Waals surface area contributed by atoms with Crippen LogP contribution in [-0.4, -0.2) is 67.8 Å². The van der Waals surface area contributed by atoms with Gasteiger partial charge in [0.15, 0.2) is 0 Å². The second-order valence-corrected chi connectivity index (χ2v) is 7.68. The summed E-state index contributed by atoms with van der Waals surface area (Å²) in [6.07, 6.45) is 2.72. The molecule has 1 aromatic carbocycles. The minimum Gasteiger partial charge on any atom is -0.385 e. The fourth-order valence-corrected chi connectivity index (χ4v) is 4.09. The molecule has 1 spiro atoms. The lowest BCUT2D eigenvalue weighted by atomic mass is 9.88. The Morgan fingerprint density at radius 3 is 2.75 bits per heavy atom. The van der Waals surface area contributed by atoms with Crippen molar-refractivity contribution in [2.75, 3.05) is 51.4 Å². The minimum atomic E-state index is -0.342. The number of nitro benzene ring substituents is 1. The van der Waals surface area contributed by atoms with E-state index in [-0.39, 0.29) is 22.1 Å². The number of piperidine rings is 1. The number of methoxy groups -OCH3 is 1. The van der Waals surface area contributed by atoms with Crippen LogP contribution in [-0.2, 0) is 14.3 Å². The number of nitrogens with zero attached hydrogens (tertiary/aromatic N) is 3. The highest BCUT2D eigenvalue weighted by Crippen LogP contribution is 2.36. The lowest BCUT2D eigenvalue weighted by molar-refractivity contribution is -0.384. The standard InChI is InChI=1S/C20H29N3O5/c1-16-5-6-17(18(14-16)23(25)26)21-9-7-20(8-10-21)15-22(11-13-28-20)19(24)4-3-12-27-2/h5-6,14H,3-4,7-13,15H2,1-2H3. The van der Waals surface area contributed by atoms with Crippen molar-refractivity contribution in [3.63, 3.8) is 0 Å². The van der Waals surface area contributed by atoms with Crippen LogP contribution >= 0.6 is 0 Å². The molecule has 0 unspecified atom stereocenters. The van der Waals surface area contributed by atoms with Crippen LogP contribution in [0.4, 0.5) is 11.4 Å². The molecule has 0 radical (unpaired) electrons. The van der Waals surface area contributed by atoms with Crippen molar-refractivity contribution in [3.8, 4) is 0 Å². The molecule has 0 atom stereocenters. The number of aryl methyl sites for hydroxylation is 1. The van der Waals surface area contributed by atoms with Gasteiger partial charge in [-0.15, -0.1) is 0 Å². The van der Waals surface area contributed by atoms with Crippen molar-refractivity contribution in [2.24, 2.45) is 0 Å². The summed E-state index contributed by atoms with van der Waals surface area (Å²) >= 11 is 0. The lowest BCUT2D eigenvalue weighted by Crippen LogP contribution is -2.58. The average Bonchev–Trinajstić information content (AvgIpc) is 2.69. The summed E-state index contributed by atoms with van der Waals surface area (Å²) in [4.78, 5) is 27.6. The summed E-state index contributed by atoms with van der Waals surface area (Å²) in [6, 6.07) is 5.36. The molecule has 1 aromatic rings. The van der Waals surface area contributed by atoms with E-state index in [2.05, 4.69) is 4.90 Å². The van der Waals surface area contributed by atoms with Crippen molar-refractivity contribution in [1.82, 2.24) is 4.90 Å². The number of anilines is 1. The summed E-state index contributed by atoms with van der Waals surface area (Å²) in [6.45, 7) is 5.57. The van der Waals surface area contributed by atoms with Gasteiger partial charge in [-0.25, -0.2) is 0 Å². The molecule has 8 heteroatoms. The van der Waals surface area contributed by atoms with E-state index in [1.165, 1.54) is 0 Å². The fraction of sp³-hybridized carbons (Fsp3) is 0.650. The van der Waals surface area contributed by atoms with Crippen LogP contribution in [0.15, 0.2) is 18.2 Å². The summed E-state index contributed by atoms with van der Waals surface area (Å²) in [5.74, 6) is 0.149. The number of rotatable bonds is 6. The topological polar surface area (TPSA) is 85.1 Å². The van der Waals surface area contributed by atoms with Gasteiger partial charge in [0.2, 0.25) is 5.91 Å². The number of hydrogen-bond acceptors (Lipinski definition) is 6. The molecule has 2 heterocycles. The van der Waals surface area contributed by atoms with Crippen molar-refractivity contribution < 1.29 is 19.2 Å². The Balaban J connectivity index is 1.63. The van der Waals surface area contributed by atoms with E-state index in [9.17, 15) is 14.9 Å². The molecule has 0 bridgehead atoms. The smallest absolute Gasteiger partial charge is 0.292 e. The van der Waals surface area contributed by atoms with Crippen LogP contribution in [0.3, 0.4) is 0 Å². The Kier molecular flexibility index (Phi) is 6.51. The normalized spacial score (nSPS) is 19.1. The Labute approximate surface area is 165 Å². The number of ether oxygens (including phenoxy) is 2. The molecule has 0 N–H and O–H groups in total. The van der Waals surface area contributed by atoms with Gasteiger partial charge in [-0.2, -0.15) is 0 Å². The van der Waals surface area contributed by atoms with E-state index in [4.69, 9.17) is 9.47 Å². The van der Waals surface area contributed by atoms with Crippen molar-refractivity contribution in [3.05, 3.63) is 33.9 Å². The van der Waals surface area contributed by atoms with Gasteiger partial charge in [-0.05, 0) is 37.8 Å². The van der Waals surface area contributed by atoms with Crippen LogP contribution in [0.2, 0.25) is 0 Å². The van der Waals surface area contributed by atoms with Crippen LogP contribution in [0.1, 0.15) is 31.2 Å². The molecule has 8 nitrogen and oxygen atoms in total. The van der Waals surface area contributed by atoms with E-state index in [0.717, 1.165) is 24.8 Å². The first-order valence-corrected chi connectivity index (χ1v) is 9.85. The molecule has 2 aliphatic rings. The molecular weight excluding hydrogens is 362 g/mol. The van der Waals surface area contributed by atoms with Gasteiger partial charge in [0.05, 0.1) is 17.1 Å². The summed E-state index contributed by atoms with van der Waals surface area (Å²) < 4.78 is 11.1. The van der Waals surface area contributed by atoms with Gasteiger partial charge >= 0.3 is 0 Å². The third-order valence-corrected chi connectivity index (χ3v) is 5.68. The SMILES string of the molecule is COCCCC(=O)N1CCOC2(CCN(c3ccc(C)cc3[N+](=O)[O-])CC2)C1. The zero-order valence-electron chi connectivity index (χ0n) is 16.7. The maximum Gasteiger partial charge on any atom is 0.292 e.